The number of ketones is 1. The molecule has 2 rings (SSSR count). The molecule has 1 aliphatic heterocycles. The average molecular weight is 247 g/mol. The molecule has 0 bridgehead atoms. The van der Waals surface area contributed by atoms with Crippen LogP contribution < -0.4 is 10.1 Å². The molecule has 1 aliphatic rings. The van der Waals surface area contributed by atoms with E-state index in [4.69, 9.17) is 4.74 Å². The van der Waals surface area contributed by atoms with Gasteiger partial charge in [0.2, 0.25) is 0 Å². The van der Waals surface area contributed by atoms with E-state index in [-0.39, 0.29) is 11.2 Å². The summed E-state index contributed by atoms with van der Waals surface area (Å²) < 4.78 is 5.39. The average Bonchev–Trinajstić information content (AvgIpc) is 2.89. The molecule has 1 aromatic carbocycles. The topological polar surface area (TPSA) is 38.3 Å². The third-order valence-corrected chi connectivity index (χ3v) is 3.83. The number of carbonyl (C=O) groups excluding carboxylic acids is 1. The van der Waals surface area contributed by atoms with E-state index in [2.05, 4.69) is 12.2 Å². The first-order valence-electron chi connectivity index (χ1n) is 6.70. The molecular weight excluding hydrogens is 226 g/mol. The minimum absolute atomic E-state index is 0.201. The van der Waals surface area contributed by atoms with Crippen LogP contribution in [0.2, 0.25) is 0 Å². The number of rotatable bonds is 5. The zero-order valence-electron chi connectivity index (χ0n) is 11.2. The van der Waals surface area contributed by atoms with Crippen molar-refractivity contribution < 1.29 is 9.53 Å². The van der Waals surface area contributed by atoms with Crippen LogP contribution >= 0.6 is 0 Å². The Morgan fingerprint density at radius 1 is 1.33 bits per heavy atom. The molecule has 1 unspecified atom stereocenters. The first kappa shape index (κ1) is 13.1. The second-order valence-electron chi connectivity index (χ2n) is 4.85. The van der Waals surface area contributed by atoms with Crippen LogP contribution in [0.4, 0.5) is 0 Å². The zero-order valence-corrected chi connectivity index (χ0v) is 11.2. The highest BCUT2D eigenvalue weighted by Gasteiger charge is 2.39. The van der Waals surface area contributed by atoms with Crippen molar-refractivity contribution in [3.63, 3.8) is 0 Å². The summed E-state index contributed by atoms with van der Waals surface area (Å²) >= 11 is 0. The molecule has 0 amide bonds. The van der Waals surface area contributed by atoms with Crippen LogP contribution in [0, 0.1) is 5.41 Å². The van der Waals surface area contributed by atoms with Crippen LogP contribution in [-0.2, 0) is 0 Å². The summed E-state index contributed by atoms with van der Waals surface area (Å²) in [5.41, 5.74) is 0.594. The van der Waals surface area contributed by atoms with E-state index in [9.17, 15) is 4.79 Å². The fourth-order valence-electron chi connectivity index (χ4n) is 2.58. The van der Waals surface area contributed by atoms with Gasteiger partial charge in [-0.25, -0.2) is 0 Å². The maximum atomic E-state index is 12.6. The van der Waals surface area contributed by atoms with Crippen molar-refractivity contribution in [2.75, 3.05) is 19.7 Å². The molecule has 18 heavy (non-hydrogen) atoms. The molecule has 1 aromatic rings. The molecule has 0 aromatic heterocycles. The Hall–Kier alpha value is -1.35. The first-order valence-corrected chi connectivity index (χ1v) is 6.70. The summed E-state index contributed by atoms with van der Waals surface area (Å²) in [5, 5.41) is 3.30. The van der Waals surface area contributed by atoms with Crippen LogP contribution in [0.25, 0.3) is 0 Å². The smallest absolute Gasteiger partial charge is 0.170 e. The Balaban J connectivity index is 2.17. The van der Waals surface area contributed by atoms with Gasteiger partial charge in [0, 0.05) is 17.5 Å². The van der Waals surface area contributed by atoms with Crippen LogP contribution in [0.3, 0.4) is 0 Å². The Kier molecular flexibility index (Phi) is 4.02. The third kappa shape index (κ3) is 2.41. The molecule has 0 radical (unpaired) electrons. The van der Waals surface area contributed by atoms with Gasteiger partial charge in [-0.05, 0) is 50.6 Å². The Bertz CT molecular complexity index is 405. The van der Waals surface area contributed by atoms with Crippen LogP contribution in [0.1, 0.15) is 37.0 Å². The Morgan fingerprint density at radius 2 is 2.06 bits per heavy atom. The van der Waals surface area contributed by atoms with Gasteiger partial charge in [-0.2, -0.15) is 0 Å². The number of hydrogen-bond donors (Lipinski definition) is 1. The van der Waals surface area contributed by atoms with Gasteiger partial charge in [0.25, 0.3) is 0 Å². The second-order valence-corrected chi connectivity index (χ2v) is 4.85. The van der Waals surface area contributed by atoms with E-state index in [1.807, 2.05) is 31.2 Å². The number of nitrogens with one attached hydrogen (secondary N) is 1. The fourth-order valence-corrected chi connectivity index (χ4v) is 2.58. The lowest BCUT2D eigenvalue weighted by atomic mass is 9.77. The van der Waals surface area contributed by atoms with Crippen molar-refractivity contribution >= 4 is 5.78 Å². The minimum Gasteiger partial charge on any atom is -0.494 e. The van der Waals surface area contributed by atoms with Crippen molar-refractivity contribution in [3.05, 3.63) is 29.8 Å². The highest BCUT2D eigenvalue weighted by Crippen LogP contribution is 2.33. The minimum atomic E-state index is -0.201. The van der Waals surface area contributed by atoms with Crippen LogP contribution in [-0.4, -0.2) is 25.5 Å². The largest absolute Gasteiger partial charge is 0.494 e. The molecule has 1 fully saturated rings. The molecule has 98 valence electrons. The van der Waals surface area contributed by atoms with Gasteiger partial charge in [-0.15, -0.1) is 0 Å². The maximum absolute atomic E-state index is 12.6. The SMILES string of the molecule is CCOc1ccc(C(=O)C2(CC)CCNC2)cc1. The first-order chi connectivity index (χ1) is 8.72. The Morgan fingerprint density at radius 3 is 2.56 bits per heavy atom. The highest BCUT2D eigenvalue weighted by molar-refractivity contribution is 6.01. The summed E-state index contributed by atoms with van der Waals surface area (Å²) in [5.74, 6) is 1.09. The lowest BCUT2D eigenvalue weighted by Gasteiger charge is -2.24. The monoisotopic (exact) mass is 247 g/mol. The van der Waals surface area contributed by atoms with Crippen molar-refractivity contribution in [2.45, 2.75) is 26.7 Å². The molecule has 0 saturated carbocycles. The molecular formula is C15H21NO2. The van der Waals surface area contributed by atoms with Gasteiger partial charge < -0.3 is 10.1 Å². The summed E-state index contributed by atoms with van der Waals surface area (Å²) in [4.78, 5) is 12.6. The zero-order chi connectivity index (χ0) is 13.0. The van der Waals surface area contributed by atoms with Crippen molar-refractivity contribution in [1.82, 2.24) is 5.32 Å². The van der Waals surface area contributed by atoms with Crippen molar-refractivity contribution in [2.24, 2.45) is 5.41 Å². The number of ether oxygens (including phenoxy) is 1. The molecule has 1 N–H and O–H groups in total. The second kappa shape index (κ2) is 5.53. The maximum Gasteiger partial charge on any atom is 0.170 e. The lowest BCUT2D eigenvalue weighted by Crippen LogP contribution is -2.32. The molecule has 3 nitrogen and oxygen atoms in total. The number of carbonyl (C=O) groups is 1. The van der Waals surface area contributed by atoms with Gasteiger partial charge >= 0.3 is 0 Å². The van der Waals surface area contributed by atoms with Crippen LogP contribution in [0.5, 0.6) is 5.75 Å². The molecule has 1 saturated heterocycles. The van der Waals surface area contributed by atoms with E-state index < -0.39 is 0 Å². The summed E-state index contributed by atoms with van der Waals surface area (Å²) in [6.07, 6.45) is 1.83. The molecule has 0 aliphatic carbocycles. The van der Waals surface area contributed by atoms with Gasteiger partial charge in [0.05, 0.1) is 6.61 Å². The summed E-state index contributed by atoms with van der Waals surface area (Å²) in [6.45, 7) is 6.44. The molecule has 1 heterocycles. The summed E-state index contributed by atoms with van der Waals surface area (Å²) in [6, 6.07) is 7.51. The van der Waals surface area contributed by atoms with Crippen molar-refractivity contribution in [3.8, 4) is 5.75 Å². The van der Waals surface area contributed by atoms with Gasteiger partial charge in [0.1, 0.15) is 5.75 Å². The van der Waals surface area contributed by atoms with Crippen LogP contribution in [0.15, 0.2) is 24.3 Å². The third-order valence-electron chi connectivity index (χ3n) is 3.83. The molecule has 0 spiro atoms. The van der Waals surface area contributed by atoms with Gasteiger partial charge in [-0.1, -0.05) is 6.92 Å². The van der Waals surface area contributed by atoms with Gasteiger partial charge in [-0.3, -0.25) is 4.79 Å². The standard InChI is InChI=1S/C15H21NO2/c1-3-15(9-10-16-11-15)14(17)12-5-7-13(8-6-12)18-4-2/h5-8,16H,3-4,9-11H2,1-2H3. The van der Waals surface area contributed by atoms with E-state index in [0.29, 0.717) is 6.61 Å². The van der Waals surface area contributed by atoms with E-state index in [0.717, 1.165) is 37.2 Å². The summed E-state index contributed by atoms with van der Waals surface area (Å²) in [7, 11) is 0. The van der Waals surface area contributed by atoms with E-state index in [1.165, 1.54) is 0 Å². The highest BCUT2D eigenvalue weighted by atomic mass is 16.5. The Labute approximate surface area is 109 Å². The van der Waals surface area contributed by atoms with E-state index in [1.54, 1.807) is 0 Å². The predicted molar refractivity (Wildman–Crippen MR) is 72.2 cm³/mol. The number of hydrogen-bond acceptors (Lipinski definition) is 3. The van der Waals surface area contributed by atoms with Crippen molar-refractivity contribution in [1.29, 1.82) is 0 Å². The predicted octanol–water partition coefficient (Wildman–Crippen LogP) is 2.66. The quantitative estimate of drug-likeness (QED) is 0.813. The number of benzene rings is 1. The van der Waals surface area contributed by atoms with E-state index >= 15 is 0 Å². The van der Waals surface area contributed by atoms with Gasteiger partial charge in [0.15, 0.2) is 5.78 Å². The number of Topliss-reactive ketones (excluding diaryl/α,β-unsaturated/α-hetero) is 1. The fraction of sp³-hybridized carbons (Fsp3) is 0.533. The normalized spacial score (nSPS) is 23.0. The molecule has 3 heteroatoms. The molecule has 1 atom stereocenters. The lowest BCUT2D eigenvalue weighted by molar-refractivity contribution is 0.0810.